The lowest BCUT2D eigenvalue weighted by Gasteiger charge is -2.24. The van der Waals surface area contributed by atoms with E-state index in [1.807, 2.05) is 57.2 Å². The second-order valence-electron chi connectivity index (χ2n) is 8.49. The molecule has 0 aliphatic heterocycles. The monoisotopic (exact) mass is 480 g/mol. The molecule has 0 aliphatic rings. The molecule has 1 N–H and O–H groups in total. The van der Waals surface area contributed by atoms with Gasteiger partial charge in [0.1, 0.15) is 5.75 Å². The molecule has 3 aromatic carbocycles. The van der Waals surface area contributed by atoms with Crippen LogP contribution in [-0.4, -0.2) is 31.8 Å². The Labute approximate surface area is 202 Å². The third-order valence-corrected chi connectivity index (χ3v) is 7.55. The molecule has 0 saturated carbocycles. The highest BCUT2D eigenvalue weighted by Gasteiger charge is 2.30. The predicted molar refractivity (Wildman–Crippen MR) is 136 cm³/mol. The van der Waals surface area contributed by atoms with E-state index < -0.39 is 15.9 Å². The highest BCUT2D eigenvalue weighted by Crippen LogP contribution is 2.27. The van der Waals surface area contributed by atoms with Crippen molar-refractivity contribution in [2.24, 2.45) is 0 Å². The van der Waals surface area contributed by atoms with Crippen molar-refractivity contribution in [3.63, 3.8) is 0 Å². The Balaban J connectivity index is 1.90. The number of nitrogens with one attached hydrogen (secondary N) is 1. The molecule has 7 heteroatoms. The smallest absolute Gasteiger partial charge is 0.244 e. The van der Waals surface area contributed by atoms with Crippen molar-refractivity contribution in [1.82, 2.24) is 4.31 Å². The fourth-order valence-corrected chi connectivity index (χ4v) is 5.78. The van der Waals surface area contributed by atoms with Gasteiger partial charge in [0.15, 0.2) is 0 Å². The van der Waals surface area contributed by atoms with E-state index in [1.165, 1.54) is 4.31 Å². The Morgan fingerprint density at radius 3 is 2.03 bits per heavy atom. The largest absolute Gasteiger partial charge is 0.494 e. The molecule has 0 radical (unpaired) electrons. The highest BCUT2D eigenvalue weighted by molar-refractivity contribution is 7.89. The van der Waals surface area contributed by atoms with Crippen molar-refractivity contribution in [3.05, 3.63) is 88.5 Å². The van der Waals surface area contributed by atoms with Crippen molar-refractivity contribution in [2.75, 3.05) is 18.5 Å². The molecule has 180 valence electrons. The number of amides is 1. The normalized spacial score (nSPS) is 11.5. The Kier molecular flexibility index (Phi) is 8.12. The summed E-state index contributed by atoms with van der Waals surface area (Å²) in [4.78, 5) is 13.2. The SMILES string of the molecule is CCOc1ccc(NC(=O)CN(Cc2ccc(C)cc2)S(=O)(=O)c2c(C)cc(C)cc2C)cc1. The fraction of sp³-hybridized carbons (Fsp3) is 0.296. The van der Waals surface area contributed by atoms with Crippen molar-refractivity contribution in [2.45, 2.75) is 46.1 Å². The first kappa shape index (κ1) is 25.5. The van der Waals surface area contributed by atoms with E-state index in [4.69, 9.17) is 4.74 Å². The molecule has 1 amide bonds. The molecule has 6 nitrogen and oxygen atoms in total. The summed E-state index contributed by atoms with van der Waals surface area (Å²) in [5.74, 6) is 0.289. The van der Waals surface area contributed by atoms with Crippen LogP contribution in [0.15, 0.2) is 65.6 Å². The van der Waals surface area contributed by atoms with Gasteiger partial charge in [-0.1, -0.05) is 47.5 Å². The lowest BCUT2D eigenvalue weighted by molar-refractivity contribution is -0.116. The molecular weight excluding hydrogens is 448 g/mol. The molecular formula is C27H32N2O4S. The third kappa shape index (κ3) is 6.24. The van der Waals surface area contributed by atoms with Gasteiger partial charge in [0.2, 0.25) is 15.9 Å². The number of hydrogen-bond donors (Lipinski definition) is 1. The van der Waals surface area contributed by atoms with Gasteiger partial charge >= 0.3 is 0 Å². The molecule has 0 bridgehead atoms. The molecule has 0 heterocycles. The average Bonchev–Trinajstić information content (AvgIpc) is 2.75. The summed E-state index contributed by atoms with van der Waals surface area (Å²) in [5.41, 5.74) is 4.79. The first-order valence-electron chi connectivity index (χ1n) is 11.3. The van der Waals surface area contributed by atoms with Gasteiger partial charge in [0.25, 0.3) is 0 Å². The first-order chi connectivity index (χ1) is 16.1. The van der Waals surface area contributed by atoms with Crippen molar-refractivity contribution < 1.29 is 17.9 Å². The second-order valence-corrected chi connectivity index (χ2v) is 10.4. The summed E-state index contributed by atoms with van der Waals surface area (Å²) in [7, 11) is -3.94. The standard InChI is InChI=1S/C27H32N2O4S/c1-6-33-25-13-11-24(12-14-25)28-26(30)18-29(17-23-9-7-19(2)8-10-23)34(31,32)27-21(4)15-20(3)16-22(27)5/h7-16H,6,17-18H2,1-5H3,(H,28,30). The highest BCUT2D eigenvalue weighted by atomic mass is 32.2. The molecule has 3 rings (SSSR count). The van der Waals surface area contributed by atoms with Crippen LogP contribution in [0.4, 0.5) is 5.69 Å². The zero-order valence-electron chi connectivity index (χ0n) is 20.4. The van der Waals surface area contributed by atoms with Gasteiger partial charge in [0.05, 0.1) is 18.0 Å². The van der Waals surface area contributed by atoms with E-state index in [2.05, 4.69) is 5.32 Å². The van der Waals surface area contributed by atoms with Crippen LogP contribution >= 0.6 is 0 Å². The maximum Gasteiger partial charge on any atom is 0.244 e. The summed E-state index contributed by atoms with van der Waals surface area (Å²) >= 11 is 0. The van der Waals surface area contributed by atoms with E-state index >= 15 is 0 Å². The van der Waals surface area contributed by atoms with E-state index in [1.54, 1.807) is 38.1 Å². The fourth-order valence-electron chi connectivity index (χ4n) is 3.99. The molecule has 0 spiro atoms. The van der Waals surface area contributed by atoms with Crippen molar-refractivity contribution >= 4 is 21.6 Å². The van der Waals surface area contributed by atoms with Gasteiger partial charge in [-0.2, -0.15) is 4.31 Å². The van der Waals surface area contributed by atoms with Gasteiger partial charge in [-0.05, 0) is 75.6 Å². The summed E-state index contributed by atoms with van der Waals surface area (Å²) in [6, 6.07) is 18.3. The van der Waals surface area contributed by atoms with Gasteiger partial charge in [-0.3, -0.25) is 4.79 Å². The maximum atomic E-state index is 13.8. The Morgan fingerprint density at radius 1 is 0.882 bits per heavy atom. The van der Waals surface area contributed by atoms with Crippen molar-refractivity contribution in [3.8, 4) is 5.75 Å². The number of benzene rings is 3. The number of ether oxygens (including phenoxy) is 1. The Hall–Kier alpha value is -3.16. The zero-order valence-corrected chi connectivity index (χ0v) is 21.2. The quantitative estimate of drug-likeness (QED) is 0.460. The number of aryl methyl sites for hydroxylation is 4. The van der Waals surface area contributed by atoms with E-state index in [9.17, 15) is 13.2 Å². The number of carbonyl (C=O) groups is 1. The average molecular weight is 481 g/mol. The molecule has 3 aromatic rings. The number of nitrogens with zero attached hydrogens (tertiary/aromatic N) is 1. The zero-order chi connectivity index (χ0) is 24.9. The second kappa shape index (κ2) is 10.8. The molecule has 0 atom stereocenters. The van der Waals surface area contributed by atoms with Crippen LogP contribution in [0.3, 0.4) is 0 Å². The van der Waals surface area contributed by atoms with Gasteiger partial charge in [-0.15, -0.1) is 0 Å². The summed E-state index contributed by atoms with van der Waals surface area (Å²) in [6.45, 7) is 9.72. The van der Waals surface area contributed by atoms with Crippen LogP contribution in [0.25, 0.3) is 0 Å². The molecule has 0 saturated heterocycles. The summed E-state index contributed by atoms with van der Waals surface area (Å²) in [5, 5.41) is 2.80. The number of rotatable bonds is 9. The number of hydrogen-bond acceptors (Lipinski definition) is 4. The lowest BCUT2D eigenvalue weighted by Crippen LogP contribution is -2.38. The van der Waals surface area contributed by atoms with E-state index in [0.29, 0.717) is 29.2 Å². The van der Waals surface area contributed by atoms with Gasteiger partial charge < -0.3 is 10.1 Å². The van der Waals surface area contributed by atoms with Crippen LogP contribution in [0.5, 0.6) is 5.75 Å². The minimum absolute atomic E-state index is 0.0894. The summed E-state index contributed by atoms with van der Waals surface area (Å²) < 4.78 is 34.3. The first-order valence-corrected chi connectivity index (χ1v) is 12.7. The van der Waals surface area contributed by atoms with Crippen LogP contribution in [0, 0.1) is 27.7 Å². The van der Waals surface area contributed by atoms with Crippen LogP contribution < -0.4 is 10.1 Å². The van der Waals surface area contributed by atoms with Gasteiger partial charge in [0, 0.05) is 12.2 Å². The Morgan fingerprint density at radius 2 is 1.47 bits per heavy atom. The molecule has 0 fully saturated rings. The molecule has 0 unspecified atom stereocenters. The van der Waals surface area contributed by atoms with Gasteiger partial charge in [-0.25, -0.2) is 8.42 Å². The van der Waals surface area contributed by atoms with Crippen LogP contribution in [0.1, 0.15) is 34.7 Å². The number of carbonyl (C=O) groups excluding carboxylic acids is 1. The number of anilines is 1. The van der Waals surface area contributed by atoms with E-state index in [-0.39, 0.29) is 18.0 Å². The van der Waals surface area contributed by atoms with E-state index in [0.717, 1.165) is 16.7 Å². The third-order valence-electron chi connectivity index (χ3n) is 5.45. The topological polar surface area (TPSA) is 75.7 Å². The minimum atomic E-state index is -3.94. The molecule has 0 aliphatic carbocycles. The predicted octanol–water partition coefficient (Wildman–Crippen LogP) is 5.15. The van der Waals surface area contributed by atoms with Crippen molar-refractivity contribution in [1.29, 1.82) is 0 Å². The summed E-state index contributed by atoms with van der Waals surface area (Å²) in [6.07, 6.45) is 0. The molecule has 34 heavy (non-hydrogen) atoms. The maximum absolute atomic E-state index is 13.8. The lowest BCUT2D eigenvalue weighted by atomic mass is 10.1. The minimum Gasteiger partial charge on any atom is -0.494 e. The molecule has 0 aromatic heterocycles. The number of sulfonamides is 1. The Bertz CT molecular complexity index is 1230. The van der Waals surface area contributed by atoms with Crippen LogP contribution in [-0.2, 0) is 21.4 Å². The van der Waals surface area contributed by atoms with Crippen LogP contribution in [0.2, 0.25) is 0 Å².